The maximum Gasteiger partial charge on any atom is 0.0971 e. The third-order valence-corrected chi connectivity index (χ3v) is 10.6. The maximum absolute atomic E-state index is 4.73. The van der Waals surface area contributed by atoms with E-state index in [9.17, 15) is 0 Å². The van der Waals surface area contributed by atoms with E-state index < -0.39 is 0 Å². The van der Waals surface area contributed by atoms with Gasteiger partial charge in [-0.25, -0.2) is 0 Å². The zero-order valence-corrected chi connectivity index (χ0v) is 26.7. The number of hydrogen-bond acceptors (Lipinski definition) is 3. The SMILES string of the molecule is Cc1cc(C)c(-c2ccc3sc4ccc(-c5cccc(-c6ccc7c(c6)c6ccccc6c6nccnc76)c5)cc4c3c2)c(C)c1. The highest BCUT2D eigenvalue weighted by atomic mass is 32.1. The number of hydrogen-bond donors (Lipinski definition) is 0. The first-order valence-electron chi connectivity index (χ1n) is 15.7. The predicted molar refractivity (Wildman–Crippen MR) is 198 cm³/mol. The molecule has 46 heavy (non-hydrogen) atoms. The van der Waals surface area contributed by atoms with Gasteiger partial charge in [-0.2, -0.15) is 0 Å². The van der Waals surface area contributed by atoms with E-state index in [2.05, 4.69) is 136 Å². The third kappa shape index (κ3) is 4.23. The first kappa shape index (κ1) is 27.0. The van der Waals surface area contributed by atoms with Crippen LogP contribution in [0.3, 0.4) is 0 Å². The summed E-state index contributed by atoms with van der Waals surface area (Å²) in [5, 5.41) is 7.31. The largest absolute Gasteiger partial charge is 0.252 e. The van der Waals surface area contributed by atoms with Crippen molar-refractivity contribution in [3.8, 4) is 33.4 Å². The predicted octanol–water partition coefficient (Wildman–Crippen LogP) is 12.2. The third-order valence-electron chi connectivity index (χ3n) is 9.41. The van der Waals surface area contributed by atoms with Crippen LogP contribution in [0.15, 0.2) is 128 Å². The monoisotopic (exact) mass is 606 g/mol. The summed E-state index contributed by atoms with van der Waals surface area (Å²) in [5.41, 5.74) is 13.3. The Morgan fingerprint density at radius 2 is 0.935 bits per heavy atom. The molecule has 2 nitrogen and oxygen atoms in total. The highest BCUT2D eigenvalue weighted by Crippen LogP contribution is 2.41. The quantitative estimate of drug-likeness (QED) is 0.187. The Bertz CT molecular complexity index is 2620. The van der Waals surface area contributed by atoms with Crippen molar-refractivity contribution < 1.29 is 0 Å². The molecule has 9 aromatic rings. The van der Waals surface area contributed by atoms with Crippen LogP contribution in [-0.2, 0) is 0 Å². The van der Waals surface area contributed by atoms with E-state index in [1.54, 1.807) is 12.4 Å². The Balaban J connectivity index is 1.17. The standard InChI is InChI=1S/C43H30N2S/c1-25-19-26(2)41(27(3)20-25)32-13-16-40-38(24-32)37-23-31(12-15-39(37)46-40)29-8-6-7-28(21-29)30-11-14-35-36(22-30)33-9-4-5-10-34(33)42-43(35)45-18-17-44-42/h4-24H,1-3H3. The molecule has 0 aliphatic heterocycles. The van der Waals surface area contributed by atoms with Gasteiger partial charge in [-0.1, -0.05) is 84.4 Å². The molecule has 2 heterocycles. The second kappa shape index (κ2) is 10.3. The van der Waals surface area contributed by atoms with E-state index >= 15 is 0 Å². The molecule has 0 saturated heterocycles. The normalized spacial score (nSPS) is 11.8. The zero-order chi connectivity index (χ0) is 30.9. The molecule has 0 radical (unpaired) electrons. The van der Waals surface area contributed by atoms with Crippen molar-refractivity contribution in [3.63, 3.8) is 0 Å². The summed E-state index contributed by atoms with van der Waals surface area (Å²) in [6.07, 6.45) is 3.56. The fourth-order valence-corrected chi connectivity index (χ4v) is 8.50. The summed E-state index contributed by atoms with van der Waals surface area (Å²) in [7, 11) is 0. The Kier molecular flexibility index (Phi) is 6.06. The molecule has 7 aromatic carbocycles. The summed E-state index contributed by atoms with van der Waals surface area (Å²) in [4.78, 5) is 9.42. The minimum Gasteiger partial charge on any atom is -0.252 e. The second-order valence-electron chi connectivity index (χ2n) is 12.4. The Morgan fingerprint density at radius 1 is 0.413 bits per heavy atom. The van der Waals surface area contributed by atoms with E-state index in [-0.39, 0.29) is 0 Å². The summed E-state index contributed by atoms with van der Waals surface area (Å²) in [5.74, 6) is 0. The van der Waals surface area contributed by atoms with Gasteiger partial charge in [-0.05, 0) is 112 Å². The number of thiophene rings is 1. The first-order valence-corrected chi connectivity index (χ1v) is 16.5. The number of benzene rings is 7. The molecule has 218 valence electrons. The van der Waals surface area contributed by atoms with Crippen molar-refractivity contribution in [2.75, 3.05) is 0 Å². The zero-order valence-electron chi connectivity index (χ0n) is 25.9. The molecular formula is C43H30N2S. The van der Waals surface area contributed by atoms with Crippen LogP contribution in [0, 0.1) is 20.8 Å². The number of nitrogens with zero attached hydrogens (tertiary/aromatic N) is 2. The number of aryl methyl sites for hydroxylation is 3. The van der Waals surface area contributed by atoms with Gasteiger partial charge in [-0.15, -0.1) is 11.3 Å². The van der Waals surface area contributed by atoms with E-state index in [1.165, 1.54) is 81.0 Å². The van der Waals surface area contributed by atoms with Crippen molar-refractivity contribution >= 4 is 64.1 Å². The average molecular weight is 607 g/mol. The van der Waals surface area contributed by atoms with Crippen molar-refractivity contribution in [2.45, 2.75) is 20.8 Å². The van der Waals surface area contributed by atoms with Gasteiger partial charge in [0, 0.05) is 43.3 Å². The minimum atomic E-state index is 0.948. The number of aromatic nitrogens is 2. The number of rotatable bonds is 3. The van der Waals surface area contributed by atoms with Crippen molar-refractivity contribution in [1.82, 2.24) is 9.97 Å². The van der Waals surface area contributed by atoms with Crippen LogP contribution < -0.4 is 0 Å². The fourth-order valence-electron chi connectivity index (χ4n) is 7.44. The molecule has 9 rings (SSSR count). The van der Waals surface area contributed by atoms with Crippen LogP contribution >= 0.6 is 11.3 Å². The minimum absolute atomic E-state index is 0.948. The molecule has 0 amide bonds. The topological polar surface area (TPSA) is 25.8 Å². The molecular weight excluding hydrogens is 577 g/mol. The van der Waals surface area contributed by atoms with Crippen LogP contribution in [0.5, 0.6) is 0 Å². The molecule has 0 aliphatic carbocycles. The Labute approximate surface area is 271 Å². The molecule has 3 heteroatoms. The summed E-state index contributed by atoms with van der Waals surface area (Å²) in [6.45, 7) is 6.63. The first-order chi connectivity index (χ1) is 22.5. The van der Waals surface area contributed by atoms with Gasteiger partial charge in [0.1, 0.15) is 0 Å². The van der Waals surface area contributed by atoms with E-state index in [1.807, 2.05) is 11.3 Å². The molecule has 0 saturated carbocycles. The molecule has 0 spiro atoms. The molecule has 0 aliphatic rings. The van der Waals surface area contributed by atoms with Crippen molar-refractivity contribution in [1.29, 1.82) is 0 Å². The van der Waals surface area contributed by atoms with Gasteiger partial charge < -0.3 is 0 Å². The van der Waals surface area contributed by atoms with Gasteiger partial charge in [0.25, 0.3) is 0 Å². The molecule has 0 N–H and O–H groups in total. The summed E-state index contributed by atoms with van der Waals surface area (Å²) < 4.78 is 2.65. The van der Waals surface area contributed by atoms with E-state index in [0.29, 0.717) is 0 Å². The highest BCUT2D eigenvalue weighted by molar-refractivity contribution is 7.25. The van der Waals surface area contributed by atoms with E-state index in [0.717, 1.165) is 21.8 Å². The second-order valence-corrected chi connectivity index (χ2v) is 13.5. The van der Waals surface area contributed by atoms with Gasteiger partial charge in [0.2, 0.25) is 0 Å². The maximum atomic E-state index is 4.73. The van der Waals surface area contributed by atoms with Gasteiger partial charge in [0.15, 0.2) is 0 Å². The van der Waals surface area contributed by atoms with Gasteiger partial charge >= 0.3 is 0 Å². The number of fused-ring (bicyclic) bond motifs is 9. The van der Waals surface area contributed by atoms with Crippen molar-refractivity contribution in [3.05, 3.63) is 144 Å². The summed E-state index contributed by atoms with van der Waals surface area (Å²) >= 11 is 1.87. The summed E-state index contributed by atoms with van der Waals surface area (Å²) in [6, 6.07) is 42.7. The molecule has 2 aromatic heterocycles. The van der Waals surface area contributed by atoms with Crippen LogP contribution in [-0.4, -0.2) is 9.97 Å². The van der Waals surface area contributed by atoms with Crippen LogP contribution in [0.4, 0.5) is 0 Å². The lowest BCUT2D eigenvalue weighted by molar-refractivity contribution is 1.31. The molecule has 0 fully saturated rings. The van der Waals surface area contributed by atoms with Crippen molar-refractivity contribution in [2.24, 2.45) is 0 Å². The fraction of sp³-hybridized carbons (Fsp3) is 0.0698. The van der Waals surface area contributed by atoms with Crippen LogP contribution in [0.25, 0.3) is 86.1 Å². The van der Waals surface area contributed by atoms with Gasteiger partial charge in [-0.3, -0.25) is 9.97 Å². The molecule has 0 atom stereocenters. The lowest BCUT2D eigenvalue weighted by atomic mass is 9.92. The van der Waals surface area contributed by atoms with Crippen LogP contribution in [0.2, 0.25) is 0 Å². The van der Waals surface area contributed by atoms with Crippen LogP contribution in [0.1, 0.15) is 16.7 Å². The smallest absolute Gasteiger partial charge is 0.0971 e. The van der Waals surface area contributed by atoms with Gasteiger partial charge in [0.05, 0.1) is 11.0 Å². The Morgan fingerprint density at radius 3 is 1.61 bits per heavy atom. The lowest BCUT2D eigenvalue weighted by Gasteiger charge is -2.12. The highest BCUT2D eigenvalue weighted by Gasteiger charge is 2.14. The van der Waals surface area contributed by atoms with E-state index in [4.69, 9.17) is 9.97 Å². The molecule has 0 unspecified atom stereocenters. The molecule has 0 bridgehead atoms. The lowest BCUT2D eigenvalue weighted by Crippen LogP contribution is -1.90. The average Bonchev–Trinajstić information content (AvgIpc) is 3.45. The Hall–Kier alpha value is -5.38.